The van der Waals surface area contributed by atoms with Crippen molar-refractivity contribution in [3.05, 3.63) is 65.3 Å². The Kier molecular flexibility index (Phi) is 3.09. The number of pyridine rings is 1. The summed E-state index contributed by atoms with van der Waals surface area (Å²) in [6.07, 6.45) is 4.76. The minimum Gasteiger partial charge on any atom is -0.244 e. The van der Waals surface area contributed by atoms with Crippen LogP contribution < -0.4 is 0 Å². The van der Waals surface area contributed by atoms with E-state index in [1.165, 1.54) is 6.33 Å². The summed E-state index contributed by atoms with van der Waals surface area (Å²) < 4.78 is 0. The van der Waals surface area contributed by atoms with E-state index in [9.17, 15) is 0 Å². The molecule has 0 radical (unpaired) electrons. The quantitative estimate of drug-likeness (QED) is 0.463. The molecule has 3 aromatic rings. The summed E-state index contributed by atoms with van der Waals surface area (Å²) in [7, 11) is 0. The Labute approximate surface area is 115 Å². The van der Waals surface area contributed by atoms with Gasteiger partial charge >= 0.3 is 0 Å². The molecule has 3 nitrogen and oxygen atoms in total. The average Bonchev–Trinajstić information content (AvgIpc) is 2.48. The number of aromatic nitrogens is 3. The van der Waals surface area contributed by atoms with Gasteiger partial charge in [0.1, 0.15) is 11.5 Å². The van der Waals surface area contributed by atoms with E-state index < -0.39 is 0 Å². The van der Waals surface area contributed by atoms with E-state index in [-0.39, 0.29) is 0 Å². The lowest BCUT2D eigenvalue weighted by molar-refractivity contribution is 1.20. The van der Waals surface area contributed by atoms with E-state index in [1.54, 1.807) is 12.4 Å². The monoisotopic (exact) mass is 265 g/mol. The lowest BCUT2D eigenvalue weighted by Gasteiger charge is -1.99. The zero-order valence-corrected chi connectivity index (χ0v) is 10.6. The fraction of sp³-hybridized carbons (Fsp3) is 0. The highest BCUT2D eigenvalue weighted by molar-refractivity contribution is 6.34. The van der Waals surface area contributed by atoms with Crippen LogP contribution in [0.15, 0.2) is 49.1 Å². The van der Waals surface area contributed by atoms with Crippen molar-refractivity contribution in [1.29, 1.82) is 0 Å². The van der Waals surface area contributed by atoms with Crippen molar-refractivity contribution in [1.82, 2.24) is 15.0 Å². The third-order valence-electron chi connectivity index (χ3n) is 2.61. The molecule has 0 saturated carbocycles. The van der Waals surface area contributed by atoms with E-state index in [0.29, 0.717) is 10.5 Å². The van der Waals surface area contributed by atoms with Gasteiger partial charge in [0.2, 0.25) is 0 Å². The lowest BCUT2D eigenvalue weighted by Crippen LogP contribution is -1.89. The predicted octanol–water partition coefficient (Wildman–Crippen LogP) is 3.08. The second-order valence-corrected chi connectivity index (χ2v) is 4.22. The highest BCUT2D eigenvalue weighted by Crippen LogP contribution is 2.20. The molecular formula is C15H8ClN3. The molecule has 0 spiro atoms. The molecule has 0 fully saturated rings. The van der Waals surface area contributed by atoms with Gasteiger partial charge in [-0.25, -0.2) is 15.0 Å². The molecule has 2 heterocycles. The molecule has 2 aromatic heterocycles. The van der Waals surface area contributed by atoms with Crippen LogP contribution in [-0.4, -0.2) is 15.0 Å². The van der Waals surface area contributed by atoms with Crippen LogP contribution in [-0.2, 0) is 0 Å². The second kappa shape index (κ2) is 5.05. The van der Waals surface area contributed by atoms with E-state index in [2.05, 4.69) is 26.8 Å². The van der Waals surface area contributed by atoms with Crippen molar-refractivity contribution in [3.63, 3.8) is 0 Å². The van der Waals surface area contributed by atoms with Crippen molar-refractivity contribution in [3.8, 4) is 11.8 Å². The van der Waals surface area contributed by atoms with Crippen LogP contribution in [0.2, 0.25) is 5.15 Å². The fourth-order valence-corrected chi connectivity index (χ4v) is 1.89. The van der Waals surface area contributed by atoms with Crippen LogP contribution in [0.4, 0.5) is 0 Å². The van der Waals surface area contributed by atoms with Crippen LogP contribution in [0.25, 0.3) is 10.9 Å². The zero-order chi connectivity index (χ0) is 13.1. The number of rotatable bonds is 0. The first-order chi connectivity index (χ1) is 9.34. The van der Waals surface area contributed by atoms with Gasteiger partial charge in [-0.2, -0.15) is 0 Å². The Hall–Kier alpha value is -2.44. The fourth-order valence-electron chi connectivity index (χ4n) is 1.70. The number of fused-ring (bicyclic) bond motifs is 1. The van der Waals surface area contributed by atoms with Crippen LogP contribution in [0, 0.1) is 11.8 Å². The first-order valence-electron chi connectivity index (χ1n) is 5.66. The topological polar surface area (TPSA) is 38.7 Å². The lowest BCUT2D eigenvalue weighted by atomic mass is 10.2. The summed E-state index contributed by atoms with van der Waals surface area (Å²) in [4.78, 5) is 12.3. The van der Waals surface area contributed by atoms with Crippen LogP contribution in [0.5, 0.6) is 0 Å². The maximum atomic E-state index is 6.01. The van der Waals surface area contributed by atoms with Gasteiger partial charge in [-0.1, -0.05) is 41.6 Å². The molecule has 1 aromatic carbocycles. The van der Waals surface area contributed by atoms with Crippen molar-refractivity contribution in [2.75, 3.05) is 0 Å². The molecule has 0 aliphatic carbocycles. The van der Waals surface area contributed by atoms with Gasteiger partial charge in [-0.3, -0.25) is 0 Å². The third kappa shape index (κ3) is 2.40. The predicted molar refractivity (Wildman–Crippen MR) is 74.8 cm³/mol. The molecule has 0 unspecified atom stereocenters. The molecule has 0 bridgehead atoms. The summed E-state index contributed by atoms with van der Waals surface area (Å²) in [5, 5.41) is 1.10. The van der Waals surface area contributed by atoms with Crippen LogP contribution >= 0.6 is 11.6 Å². The number of hydrogen-bond donors (Lipinski definition) is 0. The van der Waals surface area contributed by atoms with Crippen molar-refractivity contribution >= 4 is 22.5 Å². The van der Waals surface area contributed by atoms with Crippen molar-refractivity contribution in [2.24, 2.45) is 0 Å². The molecule has 4 heteroatoms. The first-order valence-corrected chi connectivity index (χ1v) is 6.03. The standard InChI is InChI=1S/C15H8ClN3/c16-15-13-9-17-10-19-14(13)12(8-18-15)7-6-11-4-2-1-3-5-11/h1-5,8-10H. The smallest absolute Gasteiger partial charge is 0.140 e. The first kappa shape index (κ1) is 11.6. The van der Waals surface area contributed by atoms with Gasteiger partial charge in [-0.15, -0.1) is 0 Å². The molecule has 3 rings (SSSR count). The van der Waals surface area contributed by atoms with Gasteiger partial charge in [0, 0.05) is 18.0 Å². The van der Waals surface area contributed by atoms with E-state index >= 15 is 0 Å². The Balaban J connectivity index is 2.13. The van der Waals surface area contributed by atoms with Gasteiger partial charge in [0.25, 0.3) is 0 Å². The van der Waals surface area contributed by atoms with E-state index in [4.69, 9.17) is 11.6 Å². The molecular weight excluding hydrogens is 258 g/mol. The van der Waals surface area contributed by atoms with E-state index in [1.807, 2.05) is 30.3 Å². The summed E-state index contributed by atoms with van der Waals surface area (Å²) in [6, 6.07) is 9.76. The minimum atomic E-state index is 0.390. The number of benzene rings is 1. The third-order valence-corrected chi connectivity index (χ3v) is 2.91. The van der Waals surface area contributed by atoms with E-state index in [0.717, 1.165) is 16.6 Å². The van der Waals surface area contributed by atoms with Gasteiger partial charge in [-0.05, 0) is 12.1 Å². The largest absolute Gasteiger partial charge is 0.244 e. The molecule has 0 N–H and O–H groups in total. The normalized spacial score (nSPS) is 9.95. The molecule has 0 amide bonds. The van der Waals surface area contributed by atoms with Crippen LogP contribution in [0.1, 0.15) is 11.1 Å². The maximum Gasteiger partial charge on any atom is 0.140 e. The summed E-state index contributed by atoms with van der Waals surface area (Å²) in [5.41, 5.74) is 2.41. The molecule has 0 saturated heterocycles. The molecule has 19 heavy (non-hydrogen) atoms. The summed E-state index contributed by atoms with van der Waals surface area (Å²) in [6.45, 7) is 0. The Bertz CT molecular complexity index is 789. The Morgan fingerprint density at radius 1 is 0.947 bits per heavy atom. The van der Waals surface area contributed by atoms with Crippen molar-refractivity contribution in [2.45, 2.75) is 0 Å². The second-order valence-electron chi connectivity index (χ2n) is 3.86. The Morgan fingerprint density at radius 3 is 2.63 bits per heavy atom. The van der Waals surface area contributed by atoms with Crippen molar-refractivity contribution < 1.29 is 0 Å². The SMILES string of the molecule is Clc1ncc(C#Cc2ccccc2)c2ncncc12. The molecule has 0 atom stereocenters. The maximum absolute atomic E-state index is 6.01. The summed E-state index contributed by atoms with van der Waals surface area (Å²) >= 11 is 6.01. The van der Waals surface area contributed by atoms with Gasteiger partial charge < -0.3 is 0 Å². The summed E-state index contributed by atoms with van der Waals surface area (Å²) in [5.74, 6) is 6.15. The zero-order valence-electron chi connectivity index (χ0n) is 9.84. The van der Waals surface area contributed by atoms with Crippen LogP contribution in [0.3, 0.4) is 0 Å². The average molecular weight is 266 g/mol. The molecule has 0 aliphatic heterocycles. The number of nitrogens with zero attached hydrogens (tertiary/aromatic N) is 3. The van der Waals surface area contributed by atoms with Gasteiger partial charge in [0.05, 0.1) is 16.5 Å². The highest BCUT2D eigenvalue weighted by Gasteiger charge is 2.05. The highest BCUT2D eigenvalue weighted by atomic mass is 35.5. The number of halogens is 1. The molecule has 90 valence electrons. The Morgan fingerprint density at radius 2 is 1.79 bits per heavy atom. The molecule has 0 aliphatic rings. The minimum absolute atomic E-state index is 0.390. The van der Waals surface area contributed by atoms with Gasteiger partial charge in [0.15, 0.2) is 0 Å². The number of hydrogen-bond acceptors (Lipinski definition) is 3.